The molecular weight excluding hydrogens is 270 g/mol. The summed E-state index contributed by atoms with van der Waals surface area (Å²) in [6.07, 6.45) is -1.12. The molecule has 0 fully saturated rings. The van der Waals surface area contributed by atoms with Crippen LogP contribution in [0.5, 0.6) is 0 Å². The van der Waals surface area contributed by atoms with Gasteiger partial charge >= 0.3 is 0 Å². The summed E-state index contributed by atoms with van der Waals surface area (Å²) in [6.45, 7) is 1.76. The molecule has 1 unspecified atom stereocenters. The van der Waals surface area contributed by atoms with Gasteiger partial charge in [-0.1, -0.05) is 23.7 Å². The molecule has 0 saturated carbocycles. The lowest BCUT2D eigenvalue weighted by atomic mass is 9.99. The Morgan fingerprint density at radius 1 is 1.11 bits per heavy atom. The lowest BCUT2D eigenvalue weighted by molar-refractivity contribution is 0.172. The molecule has 0 radical (unpaired) electrons. The van der Waals surface area contributed by atoms with Crippen LogP contribution in [-0.2, 0) is 6.42 Å². The Kier molecular flexibility index (Phi) is 4.17. The minimum absolute atomic E-state index is 0.0215. The van der Waals surface area contributed by atoms with Crippen molar-refractivity contribution in [3.05, 3.63) is 69.7 Å². The molecule has 2 rings (SSSR count). The largest absolute Gasteiger partial charge is 0.388 e. The zero-order chi connectivity index (χ0) is 14.0. The van der Waals surface area contributed by atoms with Crippen molar-refractivity contribution in [3.8, 4) is 0 Å². The first-order valence-corrected chi connectivity index (χ1v) is 6.23. The highest BCUT2D eigenvalue weighted by Crippen LogP contribution is 2.24. The Bertz CT molecular complexity index is 599. The van der Waals surface area contributed by atoms with Crippen LogP contribution >= 0.6 is 11.6 Å². The van der Waals surface area contributed by atoms with Gasteiger partial charge in [0.1, 0.15) is 11.6 Å². The van der Waals surface area contributed by atoms with E-state index in [9.17, 15) is 13.9 Å². The molecule has 0 heterocycles. The van der Waals surface area contributed by atoms with E-state index in [4.69, 9.17) is 11.6 Å². The quantitative estimate of drug-likeness (QED) is 0.894. The molecule has 0 amide bonds. The predicted molar refractivity (Wildman–Crippen MR) is 71.2 cm³/mol. The van der Waals surface area contributed by atoms with E-state index in [-0.39, 0.29) is 17.5 Å². The van der Waals surface area contributed by atoms with Crippen LogP contribution in [0, 0.1) is 18.6 Å². The number of benzene rings is 2. The second-order valence-corrected chi connectivity index (χ2v) is 4.92. The molecular formula is C15H13ClF2O. The first-order chi connectivity index (χ1) is 8.97. The summed E-state index contributed by atoms with van der Waals surface area (Å²) in [7, 11) is 0. The van der Waals surface area contributed by atoms with E-state index < -0.39 is 17.7 Å². The Morgan fingerprint density at radius 3 is 2.53 bits per heavy atom. The van der Waals surface area contributed by atoms with Gasteiger partial charge in [0, 0.05) is 17.0 Å². The highest BCUT2D eigenvalue weighted by molar-refractivity contribution is 6.30. The van der Waals surface area contributed by atoms with Crippen molar-refractivity contribution in [2.75, 3.05) is 0 Å². The monoisotopic (exact) mass is 282 g/mol. The average Bonchev–Trinajstić information content (AvgIpc) is 2.33. The summed E-state index contributed by atoms with van der Waals surface area (Å²) in [4.78, 5) is 0. The Labute approximate surface area is 115 Å². The van der Waals surface area contributed by atoms with Gasteiger partial charge in [0.15, 0.2) is 0 Å². The van der Waals surface area contributed by atoms with Crippen molar-refractivity contribution < 1.29 is 13.9 Å². The number of hydrogen-bond donors (Lipinski definition) is 1. The lowest BCUT2D eigenvalue weighted by Crippen LogP contribution is -2.06. The van der Waals surface area contributed by atoms with Gasteiger partial charge in [-0.3, -0.25) is 0 Å². The molecule has 0 aliphatic heterocycles. The average molecular weight is 283 g/mol. The summed E-state index contributed by atoms with van der Waals surface area (Å²) in [5.41, 5.74) is 1.19. The van der Waals surface area contributed by atoms with Crippen molar-refractivity contribution in [2.45, 2.75) is 19.4 Å². The fourth-order valence-corrected chi connectivity index (χ4v) is 2.12. The van der Waals surface area contributed by atoms with Gasteiger partial charge in [0.25, 0.3) is 0 Å². The molecule has 0 aliphatic rings. The third-order valence-electron chi connectivity index (χ3n) is 2.94. The molecule has 2 aromatic rings. The molecule has 100 valence electrons. The molecule has 0 spiro atoms. The summed E-state index contributed by atoms with van der Waals surface area (Å²) in [5, 5.41) is 10.4. The maximum atomic E-state index is 13.7. The second-order valence-electron chi connectivity index (χ2n) is 4.48. The Balaban J connectivity index is 2.25. The number of aliphatic hydroxyl groups excluding tert-OH is 1. The summed E-state index contributed by atoms with van der Waals surface area (Å²) in [5.74, 6) is -0.953. The lowest BCUT2D eigenvalue weighted by Gasteiger charge is -2.13. The zero-order valence-corrected chi connectivity index (χ0v) is 11.1. The molecule has 0 aromatic heterocycles. The van der Waals surface area contributed by atoms with Crippen LogP contribution in [0.25, 0.3) is 0 Å². The Morgan fingerprint density at radius 2 is 1.84 bits per heavy atom. The van der Waals surface area contributed by atoms with Gasteiger partial charge in [0.2, 0.25) is 0 Å². The van der Waals surface area contributed by atoms with Crippen molar-refractivity contribution in [2.24, 2.45) is 0 Å². The van der Waals surface area contributed by atoms with Crippen molar-refractivity contribution in [1.82, 2.24) is 0 Å². The minimum atomic E-state index is -1.10. The minimum Gasteiger partial charge on any atom is -0.388 e. The number of hydrogen-bond acceptors (Lipinski definition) is 1. The first-order valence-electron chi connectivity index (χ1n) is 5.85. The van der Waals surface area contributed by atoms with Gasteiger partial charge in [-0.2, -0.15) is 0 Å². The molecule has 0 bridgehead atoms. The highest BCUT2D eigenvalue weighted by atomic mass is 35.5. The first kappa shape index (κ1) is 14.0. The molecule has 4 heteroatoms. The van der Waals surface area contributed by atoms with Gasteiger partial charge in [-0.15, -0.1) is 0 Å². The van der Waals surface area contributed by atoms with Crippen LogP contribution in [0.1, 0.15) is 22.8 Å². The number of aryl methyl sites for hydroxylation is 1. The van der Waals surface area contributed by atoms with E-state index in [1.165, 1.54) is 30.3 Å². The second kappa shape index (κ2) is 5.68. The summed E-state index contributed by atoms with van der Waals surface area (Å²) >= 11 is 5.78. The van der Waals surface area contributed by atoms with Crippen LogP contribution in [0.4, 0.5) is 8.78 Å². The molecule has 19 heavy (non-hydrogen) atoms. The molecule has 1 N–H and O–H groups in total. The van der Waals surface area contributed by atoms with E-state index in [1.807, 2.05) is 0 Å². The van der Waals surface area contributed by atoms with E-state index in [0.29, 0.717) is 5.02 Å². The van der Waals surface area contributed by atoms with Crippen LogP contribution in [0.3, 0.4) is 0 Å². The molecule has 1 atom stereocenters. The van der Waals surface area contributed by atoms with Gasteiger partial charge < -0.3 is 5.11 Å². The van der Waals surface area contributed by atoms with E-state index in [2.05, 4.69) is 0 Å². The number of aliphatic hydroxyl groups is 1. The van der Waals surface area contributed by atoms with Crippen molar-refractivity contribution in [3.63, 3.8) is 0 Å². The predicted octanol–water partition coefficient (Wildman–Crippen LogP) is 4.20. The van der Waals surface area contributed by atoms with Gasteiger partial charge in [-0.25, -0.2) is 8.78 Å². The number of halogens is 3. The number of rotatable bonds is 3. The zero-order valence-electron chi connectivity index (χ0n) is 10.3. The van der Waals surface area contributed by atoms with Gasteiger partial charge in [0.05, 0.1) is 6.10 Å². The van der Waals surface area contributed by atoms with Crippen LogP contribution in [-0.4, -0.2) is 5.11 Å². The molecule has 2 aromatic carbocycles. The van der Waals surface area contributed by atoms with Crippen molar-refractivity contribution >= 4 is 11.6 Å². The van der Waals surface area contributed by atoms with Crippen molar-refractivity contribution in [1.29, 1.82) is 0 Å². The third kappa shape index (κ3) is 3.31. The summed E-state index contributed by atoms with van der Waals surface area (Å²) in [6, 6.07) is 8.65. The fraction of sp³-hybridized carbons (Fsp3) is 0.200. The van der Waals surface area contributed by atoms with Crippen LogP contribution < -0.4 is 0 Å². The molecule has 0 aliphatic carbocycles. The van der Waals surface area contributed by atoms with Gasteiger partial charge in [-0.05, 0) is 42.3 Å². The fourth-order valence-electron chi connectivity index (χ4n) is 1.92. The SMILES string of the molecule is Cc1ccc(C(O)Cc2cc(Cl)ccc2F)c(F)c1. The standard InChI is InChI=1S/C15H13ClF2O/c1-9-2-4-12(14(18)6-9)15(19)8-10-7-11(16)3-5-13(10)17/h2-7,15,19H,8H2,1H3. The highest BCUT2D eigenvalue weighted by Gasteiger charge is 2.15. The smallest absolute Gasteiger partial charge is 0.129 e. The van der Waals surface area contributed by atoms with E-state index >= 15 is 0 Å². The maximum absolute atomic E-state index is 13.7. The van der Waals surface area contributed by atoms with E-state index in [1.54, 1.807) is 13.0 Å². The maximum Gasteiger partial charge on any atom is 0.129 e. The van der Waals surface area contributed by atoms with Crippen LogP contribution in [0.2, 0.25) is 5.02 Å². The normalized spacial score (nSPS) is 12.5. The van der Waals surface area contributed by atoms with E-state index in [0.717, 1.165) is 5.56 Å². The topological polar surface area (TPSA) is 20.2 Å². The summed E-state index contributed by atoms with van der Waals surface area (Å²) < 4.78 is 27.3. The molecule has 0 saturated heterocycles. The van der Waals surface area contributed by atoms with Crippen LogP contribution in [0.15, 0.2) is 36.4 Å². The molecule has 1 nitrogen and oxygen atoms in total. The Hall–Kier alpha value is -1.45. The third-order valence-corrected chi connectivity index (χ3v) is 3.17.